The van der Waals surface area contributed by atoms with Gasteiger partial charge in [0.05, 0.1) is 5.52 Å². The Morgan fingerprint density at radius 1 is 1.25 bits per heavy atom. The van der Waals surface area contributed by atoms with Gasteiger partial charge in [-0.05, 0) is 43.3 Å². The van der Waals surface area contributed by atoms with Gasteiger partial charge in [-0.2, -0.15) is 0 Å². The molecule has 1 aromatic carbocycles. The maximum Gasteiger partial charge on any atom is 0.124 e. The summed E-state index contributed by atoms with van der Waals surface area (Å²) < 4.78 is 13.7. The fourth-order valence-corrected chi connectivity index (χ4v) is 2.65. The Hall–Kier alpha value is -1.23. The number of hydrogen-bond donors (Lipinski definition) is 1. The Morgan fingerprint density at radius 2 is 2.15 bits per heavy atom. The zero-order valence-corrected chi connectivity index (χ0v) is 12.1. The van der Waals surface area contributed by atoms with Crippen molar-refractivity contribution in [2.24, 2.45) is 0 Å². The van der Waals surface area contributed by atoms with E-state index >= 15 is 0 Å². The molecule has 0 aliphatic carbocycles. The number of nitrogens with one attached hydrogen (secondary N) is 1. The summed E-state index contributed by atoms with van der Waals surface area (Å²) in [5, 5.41) is 4.26. The summed E-state index contributed by atoms with van der Waals surface area (Å²) in [6.45, 7) is 4.90. The van der Waals surface area contributed by atoms with Crippen molar-refractivity contribution in [1.82, 2.24) is 15.2 Å². The van der Waals surface area contributed by atoms with Crippen LogP contribution in [0.4, 0.5) is 4.39 Å². The maximum atomic E-state index is 13.7. The van der Waals surface area contributed by atoms with Gasteiger partial charge < -0.3 is 5.32 Å². The van der Waals surface area contributed by atoms with Crippen LogP contribution in [0.25, 0.3) is 10.9 Å². The van der Waals surface area contributed by atoms with Gasteiger partial charge in [-0.25, -0.2) is 4.39 Å². The lowest BCUT2D eigenvalue weighted by Gasteiger charge is -2.20. The van der Waals surface area contributed by atoms with Gasteiger partial charge >= 0.3 is 0 Å². The summed E-state index contributed by atoms with van der Waals surface area (Å²) in [4.78, 5) is 6.77. The summed E-state index contributed by atoms with van der Waals surface area (Å²) in [6.07, 6.45) is 2.91. The van der Waals surface area contributed by atoms with Crippen LogP contribution in [0.2, 0.25) is 0 Å². The fourth-order valence-electron chi connectivity index (χ4n) is 2.65. The van der Waals surface area contributed by atoms with Gasteiger partial charge in [0, 0.05) is 31.2 Å². The third-order valence-corrected chi connectivity index (χ3v) is 3.58. The Balaban J connectivity index is 0.00000147. The Labute approximate surface area is 124 Å². The molecule has 0 amide bonds. The van der Waals surface area contributed by atoms with Crippen molar-refractivity contribution >= 4 is 23.3 Å². The molecule has 0 bridgehead atoms. The normalized spacial score (nSPS) is 16.6. The highest BCUT2D eigenvalue weighted by atomic mass is 35.5. The van der Waals surface area contributed by atoms with Crippen molar-refractivity contribution in [2.75, 3.05) is 26.2 Å². The smallest absolute Gasteiger partial charge is 0.124 e. The molecule has 20 heavy (non-hydrogen) atoms. The van der Waals surface area contributed by atoms with Gasteiger partial charge in [-0.1, -0.05) is 6.07 Å². The fraction of sp³-hybridized carbons (Fsp3) is 0.400. The highest BCUT2D eigenvalue weighted by molar-refractivity contribution is 5.85. The van der Waals surface area contributed by atoms with E-state index in [0.717, 1.165) is 55.6 Å². The molecule has 1 fully saturated rings. The number of pyridine rings is 1. The molecule has 1 saturated heterocycles. The standard InChI is InChI=1S/C15H18FN3.ClH/c16-14-9-12-3-1-5-18-15(12)13(10-14)11-19-7-2-4-17-6-8-19;/h1,3,5,9-10,17H,2,4,6-8,11H2;1H. The highest BCUT2D eigenvalue weighted by Gasteiger charge is 2.12. The van der Waals surface area contributed by atoms with E-state index in [2.05, 4.69) is 15.2 Å². The molecule has 0 unspecified atom stereocenters. The van der Waals surface area contributed by atoms with E-state index in [9.17, 15) is 4.39 Å². The molecule has 1 aliphatic rings. The second kappa shape index (κ2) is 6.97. The Kier molecular flexibility index (Phi) is 5.29. The lowest BCUT2D eigenvalue weighted by atomic mass is 10.1. The van der Waals surface area contributed by atoms with Crippen LogP contribution in [-0.4, -0.2) is 36.1 Å². The number of fused-ring (bicyclic) bond motifs is 1. The first kappa shape index (κ1) is 15.2. The van der Waals surface area contributed by atoms with E-state index in [4.69, 9.17) is 0 Å². The van der Waals surface area contributed by atoms with E-state index in [1.807, 2.05) is 12.1 Å². The minimum absolute atomic E-state index is 0. The summed E-state index contributed by atoms with van der Waals surface area (Å²) in [5.74, 6) is -0.177. The van der Waals surface area contributed by atoms with Crippen LogP contribution in [0, 0.1) is 5.82 Å². The molecule has 2 heterocycles. The number of benzene rings is 1. The molecule has 0 atom stereocenters. The molecule has 1 aromatic heterocycles. The van der Waals surface area contributed by atoms with Gasteiger partial charge in [-0.15, -0.1) is 12.4 Å². The molecule has 108 valence electrons. The summed E-state index contributed by atoms with van der Waals surface area (Å²) in [7, 11) is 0. The SMILES string of the molecule is Cl.Fc1cc(CN2CCCNCC2)c2ncccc2c1. The number of hydrogen-bond acceptors (Lipinski definition) is 3. The van der Waals surface area contributed by atoms with Crippen LogP contribution < -0.4 is 5.32 Å². The molecule has 3 rings (SSSR count). The first-order chi connectivity index (χ1) is 9.33. The van der Waals surface area contributed by atoms with Gasteiger partial charge in [0.25, 0.3) is 0 Å². The van der Waals surface area contributed by atoms with Gasteiger partial charge in [0.1, 0.15) is 5.82 Å². The molecule has 1 aliphatic heterocycles. The molecule has 1 N–H and O–H groups in total. The quantitative estimate of drug-likeness (QED) is 0.923. The predicted molar refractivity (Wildman–Crippen MR) is 81.7 cm³/mol. The predicted octanol–water partition coefficient (Wildman–Crippen LogP) is 2.59. The molecule has 2 aromatic rings. The van der Waals surface area contributed by atoms with Gasteiger partial charge in [0.15, 0.2) is 0 Å². The lowest BCUT2D eigenvalue weighted by molar-refractivity contribution is 0.285. The van der Waals surface area contributed by atoms with Crippen LogP contribution in [0.5, 0.6) is 0 Å². The van der Waals surface area contributed by atoms with Crippen LogP contribution >= 0.6 is 12.4 Å². The van der Waals surface area contributed by atoms with E-state index in [1.165, 1.54) is 0 Å². The van der Waals surface area contributed by atoms with Crippen molar-refractivity contribution in [3.05, 3.63) is 41.8 Å². The molecule has 0 radical (unpaired) electrons. The zero-order chi connectivity index (χ0) is 13.1. The monoisotopic (exact) mass is 295 g/mol. The van der Waals surface area contributed by atoms with Crippen molar-refractivity contribution in [2.45, 2.75) is 13.0 Å². The van der Waals surface area contributed by atoms with E-state index < -0.39 is 0 Å². The number of halogens is 2. The number of nitrogens with zero attached hydrogens (tertiary/aromatic N) is 2. The van der Waals surface area contributed by atoms with Crippen molar-refractivity contribution in [3.8, 4) is 0 Å². The van der Waals surface area contributed by atoms with Crippen LogP contribution in [0.1, 0.15) is 12.0 Å². The summed E-state index contributed by atoms with van der Waals surface area (Å²) >= 11 is 0. The van der Waals surface area contributed by atoms with Gasteiger partial charge in [-0.3, -0.25) is 9.88 Å². The third-order valence-electron chi connectivity index (χ3n) is 3.58. The van der Waals surface area contributed by atoms with Gasteiger partial charge in [0.2, 0.25) is 0 Å². The first-order valence-electron chi connectivity index (χ1n) is 6.79. The maximum absolute atomic E-state index is 13.7. The zero-order valence-electron chi connectivity index (χ0n) is 11.3. The summed E-state index contributed by atoms with van der Waals surface area (Å²) in [5.41, 5.74) is 1.90. The average molecular weight is 296 g/mol. The topological polar surface area (TPSA) is 28.2 Å². The minimum Gasteiger partial charge on any atom is -0.315 e. The first-order valence-corrected chi connectivity index (χ1v) is 6.79. The second-order valence-corrected chi connectivity index (χ2v) is 5.02. The molecular weight excluding hydrogens is 277 g/mol. The molecule has 3 nitrogen and oxygen atoms in total. The Morgan fingerprint density at radius 3 is 3.05 bits per heavy atom. The largest absolute Gasteiger partial charge is 0.315 e. The average Bonchev–Trinajstić information content (AvgIpc) is 2.67. The number of aromatic nitrogens is 1. The number of rotatable bonds is 2. The van der Waals surface area contributed by atoms with Crippen molar-refractivity contribution in [1.29, 1.82) is 0 Å². The minimum atomic E-state index is -0.177. The molecular formula is C15H19ClFN3. The second-order valence-electron chi connectivity index (χ2n) is 5.02. The van der Waals surface area contributed by atoms with Crippen molar-refractivity contribution < 1.29 is 4.39 Å². The van der Waals surface area contributed by atoms with Crippen molar-refractivity contribution in [3.63, 3.8) is 0 Å². The van der Waals surface area contributed by atoms with E-state index in [0.29, 0.717) is 0 Å². The van der Waals surface area contributed by atoms with Crippen LogP contribution in [0.15, 0.2) is 30.5 Å². The van der Waals surface area contributed by atoms with Crippen LogP contribution in [-0.2, 0) is 6.54 Å². The molecule has 5 heteroatoms. The molecule has 0 saturated carbocycles. The van der Waals surface area contributed by atoms with E-state index in [-0.39, 0.29) is 18.2 Å². The van der Waals surface area contributed by atoms with E-state index in [1.54, 1.807) is 18.3 Å². The summed E-state index contributed by atoms with van der Waals surface area (Å²) in [6, 6.07) is 6.93. The highest BCUT2D eigenvalue weighted by Crippen LogP contribution is 2.20. The molecule has 0 spiro atoms. The lowest BCUT2D eigenvalue weighted by Crippen LogP contribution is -2.27. The van der Waals surface area contributed by atoms with Crippen LogP contribution in [0.3, 0.4) is 0 Å². The Bertz CT molecular complexity index is 568. The third kappa shape index (κ3) is 3.45.